The molecule has 0 spiro atoms. The van der Waals surface area contributed by atoms with E-state index in [1.807, 2.05) is 31.4 Å². The van der Waals surface area contributed by atoms with Crippen molar-refractivity contribution in [1.82, 2.24) is 0 Å². The van der Waals surface area contributed by atoms with Gasteiger partial charge in [-0.2, -0.15) is 0 Å². The van der Waals surface area contributed by atoms with E-state index in [-0.39, 0.29) is 24.4 Å². The minimum absolute atomic E-state index is 0. The molecule has 0 aliphatic carbocycles. The van der Waals surface area contributed by atoms with Gasteiger partial charge in [-0.1, -0.05) is 13.3 Å². The number of carbonyl (C=O) groups excluding carboxylic acids is 1. The maximum atomic E-state index is 12.3. The van der Waals surface area contributed by atoms with Gasteiger partial charge in [0.15, 0.2) is 17.5 Å². The van der Waals surface area contributed by atoms with Gasteiger partial charge < -0.3 is 32.5 Å². The normalized spacial score (nSPS) is 14.0. The maximum Gasteiger partial charge on any atom is 0.282 e. The summed E-state index contributed by atoms with van der Waals surface area (Å²) in [6, 6.07) is 3.72. The summed E-state index contributed by atoms with van der Waals surface area (Å²) in [5.41, 5.74) is 1.75. The van der Waals surface area contributed by atoms with E-state index < -0.39 is 0 Å². The van der Waals surface area contributed by atoms with Crippen molar-refractivity contribution in [3.63, 3.8) is 0 Å². The molecule has 22 heavy (non-hydrogen) atoms. The van der Waals surface area contributed by atoms with Gasteiger partial charge in [-0.25, -0.2) is 0 Å². The lowest BCUT2D eigenvalue weighted by Gasteiger charge is -2.21. The standard InChI is InChI=1S/C16H24N2O3.ClH/c1-4-5-6-13(17-3)16(19)18-12-9-11(2)15-14(10-12)20-7-8-21-15;/h9-10,13,17H,4-8H2,1-3H3,(H,18,19);1H. The van der Waals surface area contributed by atoms with Gasteiger partial charge in [-0.05, 0) is 25.0 Å². The zero-order valence-electron chi connectivity index (χ0n) is 13.4. The highest BCUT2D eigenvalue weighted by Gasteiger charge is 2.21. The summed E-state index contributed by atoms with van der Waals surface area (Å²) in [4.78, 5) is 12.3. The molecule has 1 aliphatic heterocycles. The molecule has 6 heteroatoms. The minimum Gasteiger partial charge on any atom is -1.00 e. The first-order valence-electron chi connectivity index (χ1n) is 7.66. The third-order valence-electron chi connectivity index (χ3n) is 3.70. The average Bonchev–Trinajstić information content (AvgIpc) is 2.48. The van der Waals surface area contributed by atoms with E-state index in [9.17, 15) is 4.79 Å². The van der Waals surface area contributed by atoms with Crippen LogP contribution in [0.3, 0.4) is 0 Å². The van der Waals surface area contributed by atoms with Crippen molar-refractivity contribution >= 4 is 11.6 Å². The Morgan fingerprint density at radius 3 is 2.77 bits per heavy atom. The van der Waals surface area contributed by atoms with Crippen molar-refractivity contribution in [3.05, 3.63) is 17.7 Å². The number of unbranched alkanes of at least 4 members (excludes halogenated alkanes) is 1. The Labute approximate surface area is 138 Å². The van der Waals surface area contributed by atoms with Crippen LogP contribution in [0, 0.1) is 6.92 Å². The van der Waals surface area contributed by atoms with Crippen molar-refractivity contribution in [1.29, 1.82) is 0 Å². The molecule has 1 aliphatic rings. The first-order chi connectivity index (χ1) is 10.2. The molecular formula is C16H25ClN2O3. The molecule has 1 aromatic rings. The van der Waals surface area contributed by atoms with Crippen molar-refractivity contribution < 1.29 is 32.0 Å². The number of fused-ring (bicyclic) bond motifs is 1. The Bertz CT molecular complexity index is 508. The van der Waals surface area contributed by atoms with Gasteiger partial charge in [0, 0.05) is 18.2 Å². The number of rotatable bonds is 6. The molecule has 124 valence electrons. The molecule has 1 amide bonds. The summed E-state index contributed by atoms with van der Waals surface area (Å²) in [6.07, 6.45) is 3.05. The Hall–Kier alpha value is -1.46. The molecule has 5 nitrogen and oxygen atoms in total. The predicted octanol–water partition coefficient (Wildman–Crippen LogP) is -1.54. The average molecular weight is 329 g/mol. The number of nitrogens with two attached hydrogens (primary N) is 1. The number of benzene rings is 1. The quantitative estimate of drug-likeness (QED) is 0.665. The molecule has 0 aromatic heterocycles. The fraction of sp³-hybridized carbons (Fsp3) is 0.562. The van der Waals surface area contributed by atoms with E-state index in [2.05, 4.69) is 12.2 Å². The van der Waals surface area contributed by atoms with Crippen LogP contribution in [0.5, 0.6) is 11.5 Å². The number of carbonyl (C=O) groups is 1. The lowest BCUT2D eigenvalue weighted by atomic mass is 10.1. The SMILES string of the molecule is CCCCC([NH2+]C)C(=O)Nc1cc(C)c2c(c1)OCCO2.[Cl-]. The molecular weight excluding hydrogens is 304 g/mol. The number of halogens is 1. The van der Waals surface area contributed by atoms with Gasteiger partial charge >= 0.3 is 0 Å². The largest absolute Gasteiger partial charge is 1.00 e. The van der Waals surface area contributed by atoms with E-state index in [0.717, 1.165) is 36.3 Å². The van der Waals surface area contributed by atoms with Crippen LogP contribution in [0.15, 0.2) is 12.1 Å². The number of quaternary nitrogens is 1. The predicted molar refractivity (Wildman–Crippen MR) is 82.0 cm³/mol. The number of ether oxygens (including phenoxy) is 2. The summed E-state index contributed by atoms with van der Waals surface area (Å²) in [6.45, 7) is 5.22. The van der Waals surface area contributed by atoms with Gasteiger partial charge in [0.2, 0.25) is 0 Å². The monoisotopic (exact) mass is 328 g/mol. The molecule has 0 bridgehead atoms. The molecule has 2 rings (SSSR count). The highest BCUT2D eigenvalue weighted by Crippen LogP contribution is 2.36. The van der Waals surface area contributed by atoms with Crippen LogP contribution in [-0.4, -0.2) is 32.2 Å². The lowest BCUT2D eigenvalue weighted by Crippen LogP contribution is -3.00. The van der Waals surface area contributed by atoms with E-state index in [4.69, 9.17) is 9.47 Å². The van der Waals surface area contributed by atoms with Gasteiger partial charge in [0.25, 0.3) is 5.91 Å². The number of likely N-dealkylation sites (N-methyl/N-ethyl adjacent to an activating group) is 1. The first-order valence-corrected chi connectivity index (χ1v) is 7.66. The summed E-state index contributed by atoms with van der Waals surface area (Å²) in [5.74, 6) is 1.54. The molecule has 0 radical (unpaired) electrons. The zero-order chi connectivity index (χ0) is 15.2. The van der Waals surface area contributed by atoms with Gasteiger partial charge in [-0.3, -0.25) is 4.79 Å². The van der Waals surface area contributed by atoms with Crippen LogP contribution in [0.4, 0.5) is 5.69 Å². The fourth-order valence-electron chi connectivity index (χ4n) is 2.51. The third kappa shape index (κ3) is 4.52. The Morgan fingerprint density at radius 1 is 1.36 bits per heavy atom. The minimum atomic E-state index is -0.0431. The second-order valence-electron chi connectivity index (χ2n) is 5.39. The van der Waals surface area contributed by atoms with Crippen molar-refractivity contribution in [2.24, 2.45) is 0 Å². The van der Waals surface area contributed by atoms with Crippen LogP contribution < -0.4 is 32.5 Å². The Morgan fingerprint density at radius 2 is 2.09 bits per heavy atom. The van der Waals surface area contributed by atoms with Gasteiger partial charge in [0.1, 0.15) is 13.2 Å². The van der Waals surface area contributed by atoms with E-state index in [1.165, 1.54) is 0 Å². The Balaban J connectivity index is 0.00000242. The number of nitrogens with one attached hydrogen (secondary N) is 1. The van der Waals surface area contributed by atoms with E-state index >= 15 is 0 Å². The maximum absolute atomic E-state index is 12.3. The smallest absolute Gasteiger partial charge is 0.282 e. The zero-order valence-corrected chi connectivity index (χ0v) is 14.2. The number of amides is 1. The first kappa shape index (κ1) is 18.6. The summed E-state index contributed by atoms with van der Waals surface area (Å²) in [7, 11) is 1.94. The van der Waals surface area contributed by atoms with Crippen LogP contribution in [-0.2, 0) is 4.79 Å². The van der Waals surface area contributed by atoms with Gasteiger partial charge in [0.05, 0.1) is 7.05 Å². The molecule has 0 fully saturated rings. The van der Waals surface area contributed by atoms with Crippen LogP contribution in [0.2, 0.25) is 0 Å². The molecule has 1 unspecified atom stereocenters. The third-order valence-corrected chi connectivity index (χ3v) is 3.70. The topological polar surface area (TPSA) is 64.2 Å². The van der Waals surface area contributed by atoms with Crippen LogP contribution >= 0.6 is 0 Å². The van der Waals surface area contributed by atoms with Crippen molar-refractivity contribution in [3.8, 4) is 11.5 Å². The Kier molecular flexibility index (Phi) is 7.48. The van der Waals surface area contributed by atoms with Crippen molar-refractivity contribution in [2.75, 3.05) is 25.6 Å². The fourth-order valence-corrected chi connectivity index (χ4v) is 2.51. The molecule has 0 saturated heterocycles. The summed E-state index contributed by atoms with van der Waals surface area (Å²) < 4.78 is 11.2. The number of anilines is 1. The van der Waals surface area contributed by atoms with E-state index in [1.54, 1.807) is 0 Å². The summed E-state index contributed by atoms with van der Waals surface area (Å²) in [5, 5.41) is 4.96. The molecule has 0 saturated carbocycles. The second-order valence-corrected chi connectivity index (χ2v) is 5.39. The number of hydrogen-bond donors (Lipinski definition) is 2. The highest BCUT2D eigenvalue weighted by atomic mass is 35.5. The number of hydrogen-bond acceptors (Lipinski definition) is 3. The van der Waals surface area contributed by atoms with Gasteiger partial charge in [-0.15, -0.1) is 0 Å². The molecule has 1 aromatic carbocycles. The van der Waals surface area contributed by atoms with Crippen LogP contribution in [0.25, 0.3) is 0 Å². The van der Waals surface area contributed by atoms with Crippen molar-refractivity contribution in [2.45, 2.75) is 39.2 Å². The molecule has 3 N–H and O–H groups in total. The molecule has 1 atom stereocenters. The summed E-state index contributed by atoms with van der Waals surface area (Å²) >= 11 is 0. The number of aryl methyl sites for hydroxylation is 1. The molecule has 1 heterocycles. The van der Waals surface area contributed by atoms with Crippen LogP contribution in [0.1, 0.15) is 31.7 Å². The lowest BCUT2D eigenvalue weighted by molar-refractivity contribution is -0.650. The highest BCUT2D eigenvalue weighted by molar-refractivity contribution is 5.94. The van der Waals surface area contributed by atoms with E-state index in [0.29, 0.717) is 19.0 Å². The second kappa shape index (κ2) is 8.86.